The fourth-order valence-corrected chi connectivity index (χ4v) is 2.46. The van der Waals surface area contributed by atoms with Crippen LogP contribution in [0.3, 0.4) is 0 Å². The summed E-state index contributed by atoms with van der Waals surface area (Å²) in [5.74, 6) is 0.579. The Morgan fingerprint density at radius 3 is 1.74 bits per heavy atom. The Bertz CT molecular complexity index is 614. The number of rotatable bonds is 2. The van der Waals surface area contributed by atoms with Crippen LogP contribution in [0.5, 0.6) is 11.5 Å². The van der Waals surface area contributed by atoms with Gasteiger partial charge in [-0.1, -0.05) is 69.6 Å². The highest BCUT2D eigenvalue weighted by atomic mass is 35.5. The van der Waals surface area contributed by atoms with Crippen LogP contribution in [-0.4, -0.2) is 0 Å². The minimum absolute atomic E-state index is 0.166. The van der Waals surface area contributed by atoms with Crippen LogP contribution in [0.25, 0.3) is 0 Å². The van der Waals surface area contributed by atoms with Crippen LogP contribution in [0.1, 0.15) is 0 Å². The molecular weight excluding hydrogens is 373 g/mol. The minimum atomic E-state index is 0.166. The number of ether oxygens (including phenoxy) is 1. The van der Waals surface area contributed by atoms with Crippen LogP contribution < -0.4 is 4.74 Å². The van der Waals surface area contributed by atoms with Crippen molar-refractivity contribution in [3.8, 4) is 11.5 Å². The monoisotopic (exact) mass is 374 g/mol. The third-order valence-corrected chi connectivity index (χ3v) is 4.46. The third kappa shape index (κ3) is 3.36. The zero-order valence-electron chi connectivity index (χ0n) is 8.99. The Kier molecular flexibility index (Phi) is 4.99. The molecule has 100 valence electrons. The second-order valence-electron chi connectivity index (χ2n) is 3.48. The van der Waals surface area contributed by atoms with Gasteiger partial charge in [-0.25, -0.2) is 0 Å². The molecule has 1 nitrogen and oxygen atoms in total. The maximum Gasteiger partial charge on any atom is 0.167 e. The van der Waals surface area contributed by atoms with E-state index in [1.165, 1.54) is 12.1 Å². The molecule has 0 radical (unpaired) electrons. The first-order valence-corrected chi connectivity index (χ1v) is 7.13. The molecule has 19 heavy (non-hydrogen) atoms. The highest BCUT2D eigenvalue weighted by Crippen LogP contribution is 2.45. The predicted molar refractivity (Wildman–Crippen MR) is 83.0 cm³/mol. The van der Waals surface area contributed by atoms with Crippen LogP contribution in [0.2, 0.25) is 30.1 Å². The van der Waals surface area contributed by atoms with Gasteiger partial charge in [0.25, 0.3) is 0 Å². The molecule has 0 heterocycles. The summed E-state index contributed by atoms with van der Waals surface area (Å²) < 4.78 is 5.56. The summed E-state index contributed by atoms with van der Waals surface area (Å²) in [5, 5.41) is 1.58. The minimum Gasteiger partial charge on any atom is -0.454 e. The molecule has 2 rings (SSSR count). The van der Waals surface area contributed by atoms with Crippen molar-refractivity contribution in [3.63, 3.8) is 0 Å². The van der Waals surface area contributed by atoms with E-state index in [-0.39, 0.29) is 25.8 Å². The summed E-state index contributed by atoms with van der Waals surface area (Å²) in [4.78, 5) is 0. The van der Waals surface area contributed by atoms with Crippen molar-refractivity contribution in [1.82, 2.24) is 0 Å². The standard InChI is InChI=1S/C12H4Cl6O/c13-6-2-1-5(3-7(6)14)19-12-10(17)8(15)4-9(16)11(12)18/h1-4H. The quantitative estimate of drug-likeness (QED) is 0.496. The van der Waals surface area contributed by atoms with Gasteiger partial charge in [-0.3, -0.25) is 0 Å². The van der Waals surface area contributed by atoms with Gasteiger partial charge >= 0.3 is 0 Å². The molecule has 0 aliphatic heterocycles. The summed E-state index contributed by atoms with van der Waals surface area (Å²) in [6, 6.07) is 6.18. The molecule has 0 amide bonds. The van der Waals surface area contributed by atoms with E-state index in [4.69, 9.17) is 74.3 Å². The molecular formula is C12H4Cl6O. The van der Waals surface area contributed by atoms with Gasteiger partial charge in [0.15, 0.2) is 5.75 Å². The largest absolute Gasteiger partial charge is 0.454 e. The van der Waals surface area contributed by atoms with Crippen molar-refractivity contribution in [2.24, 2.45) is 0 Å². The summed E-state index contributed by atoms with van der Waals surface area (Å²) in [7, 11) is 0. The Balaban J connectivity index is 2.46. The van der Waals surface area contributed by atoms with E-state index in [1.54, 1.807) is 12.1 Å². The van der Waals surface area contributed by atoms with Gasteiger partial charge in [0, 0.05) is 6.07 Å². The lowest BCUT2D eigenvalue weighted by atomic mass is 10.3. The highest BCUT2D eigenvalue weighted by Gasteiger charge is 2.16. The first-order chi connectivity index (χ1) is 8.90. The zero-order chi connectivity index (χ0) is 14.2. The first kappa shape index (κ1) is 15.4. The molecule has 0 aromatic heterocycles. The van der Waals surface area contributed by atoms with Crippen LogP contribution in [0.15, 0.2) is 24.3 Å². The molecule has 2 aromatic carbocycles. The van der Waals surface area contributed by atoms with Crippen LogP contribution in [0, 0.1) is 0 Å². The smallest absolute Gasteiger partial charge is 0.167 e. The Hall–Kier alpha value is -0.0200. The summed E-state index contributed by atoms with van der Waals surface area (Å²) in [6.45, 7) is 0. The molecule has 7 heteroatoms. The van der Waals surface area contributed by atoms with Gasteiger partial charge in [0.2, 0.25) is 0 Å². The van der Waals surface area contributed by atoms with Crippen molar-refractivity contribution in [3.05, 3.63) is 54.4 Å². The molecule has 0 atom stereocenters. The van der Waals surface area contributed by atoms with Crippen molar-refractivity contribution in [1.29, 1.82) is 0 Å². The Morgan fingerprint density at radius 1 is 0.632 bits per heavy atom. The fraction of sp³-hybridized carbons (Fsp3) is 0. The molecule has 0 fully saturated rings. The lowest BCUT2D eigenvalue weighted by molar-refractivity contribution is 0.483. The van der Waals surface area contributed by atoms with Crippen LogP contribution in [-0.2, 0) is 0 Å². The van der Waals surface area contributed by atoms with E-state index >= 15 is 0 Å². The molecule has 0 aliphatic rings. The molecule has 2 aromatic rings. The van der Waals surface area contributed by atoms with Crippen molar-refractivity contribution < 1.29 is 4.74 Å². The number of hydrogen-bond acceptors (Lipinski definition) is 1. The van der Waals surface area contributed by atoms with Crippen LogP contribution in [0.4, 0.5) is 0 Å². The van der Waals surface area contributed by atoms with E-state index in [0.717, 1.165) is 0 Å². The first-order valence-electron chi connectivity index (χ1n) is 4.86. The normalized spacial score (nSPS) is 10.6. The average molecular weight is 377 g/mol. The van der Waals surface area contributed by atoms with Gasteiger partial charge in [0.05, 0.1) is 20.1 Å². The van der Waals surface area contributed by atoms with Crippen molar-refractivity contribution >= 4 is 69.6 Å². The van der Waals surface area contributed by atoms with Gasteiger partial charge in [-0.15, -0.1) is 0 Å². The topological polar surface area (TPSA) is 9.23 Å². The maximum absolute atomic E-state index is 6.03. The highest BCUT2D eigenvalue weighted by molar-refractivity contribution is 6.48. The van der Waals surface area contributed by atoms with E-state index < -0.39 is 0 Å². The number of halogens is 6. The van der Waals surface area contributed by atoms with Gasteiger partial charge in [-0.05, 0) is 18.2 Å². The van der Waals surface area contributed by atoms with Crippen molar-refractivity contribution in [2.75, 3.05) is 0 Å². The lowest BCUT2D eigenvalue weighted by Crippen LogP contribution is -1.88. The van der Waals surface area contributed by atoms with Crippen molar-refractivity contribution in [2.45, 2.75) is 0 Å². The van der Waals surface area contributed by atoms with E-state index in [0.29, 0.717) is 15.8 Å². The Labute approximate surface area is 139 Å². The van der Waals surface area contributed by atoms with E-state index in [2.05, 4.69) is 0 Å². The summed E-state index contributed by atoms with van der Waals surface area (Å²) in [5.41, 5.74) is 0. The maximum atomic E-state index is 6.03. The SMILES string of the molecule is Clc1ccc(Oc2c(Cl)c(Cl)cc(Cl)c2Cl)cc1Cl. The molecule has 0 unspecified atom stereocenters. The summed E-state index contributed by atoms with van der Waals surface area (Å²) >= 11 is 35.6. The van der Waals surface area contributed by atoms with E-state index in [9.17, 15) is 0 Å². The molecule has 0 bridgehead atoms. The molecule has 0 saturated heterocycles. The van der Waals surface area contributed by atoms with E-state index in [1.807, 2.05) is 0 Å². The fourth-order valence-electron chi connectivity index (χ4n) is 1.30. The Morgan fingerprint density at radius 2 is 1.21 bits per heavy atom. The van der Waals surface area contributed by atoms with Gasteiger partial charge in [-0.2, -0.15) is 0 Å². The van der Waals surface area contributed by atoms with Gasteiger partial charge < -0.3 is 4.74 Å². The van der Waals surface area contributed by atoms with Crippen LogP contribution >= 0.6 is 69.6 Å². The number of benzene rings is 2. The summed E-state index contributed by atoms with van der Waals surface area (Å²) in [6.07, 6.45) is 0. The van der Waals surface area contributed by atoms with Gasteiger partial charge in [0.1, 0.15) is 15.8 Å². The number of hydrogen-bond donors (Lipinski definition) is 0. The molecule has 0 saturated carbocycles. The predicted octanol–water partition coefficient (Wildman–Crippen LogP) is 7.40. The third-order valence-electron chi connectivity index (χ3n) is 2.18. The zero-order valence-corrected chi connectivity index (χ0v) is 13.5. The lowest BCUT2D eigenvalue weighted by Gasteiger charge is -2.12. The molecule has 0 aliphatic carbocycles. The average Bonchev–Trinajstić information content (AvgIpc) is 2.36. The molecule has 0 spiro atoms. The molecule has 0 N–H and O–H groups in total. The second kappa shape index (κ2) is 6.17. The second-order valence-corrected chi connectivity index (χ2v) is 5.86.